The molecule has 0 radical (unpaired) electrons. The van der Waals surface area contributed by atoms with E-state index in [1.807, 2.05) is 29.2 Å². The number of hydrogen-bond acceptors (Lipinski definition) is 5. The quantitative estimate of drug-likeness (QED) is 0.863. The number of benzene rings is 1. The van der Waals surface area contributed by atoms with Gasteiger partial charge in [0.1, 0.15) is 11.6 Å². The molecular weight excluding hydrogens is 322 g/mol. The van der Waals surface area contributed by atoms with Crippen molar-refractivity contribution in [3.05, 3.63) is 24.3 Å². The normalized spacial score (nSPS) is 17.0. The van der Waals surface area contributed by atoms with E-state index in [4.69, 9.17) is 4.42 Å². The summed E-state index contributed by atoms with van der Waals surface area (Å²) < 4.78 is 5.77. The summed E-state index contributed by atoms with van der Waals surface area (Å²) in [6.45, 7) is 4.89. The van der Waals surface area contributed by atoms with E-state index in [-0.39, 0.29) is 17.7 Å². The number of aromatic nitrogens is 1. The predicted molar refractivity (Wildman–Crippen MR) is 93.4 cm³/mol. The third-order valence-corrected chi connectivity index (χ3v) is 4.65. The molecule has 7 nitrogen and oxygen atoms in total. The Morgan fingerprint density at radius 2 is 1.96 bits per heavy atom. The molecule has 1 aliphatic rings. The van der Waals surface area contributed by atoms with Crippen molar-refractivity contribution in [2.75, 3.05) is 18.0 Å². The molecular formula is C18H23N3O4. The highest BCUT2D eigenvalue weighted by molar-refractivity contribution is 5.85. The third-order valence-electron chi connectivity index (χ3n) is 4.65. The minimum absolute atomic E-state index is 0.152. The first-order valence-corrected chi connectivity index (χ1v) is 8.59. The van der Waals surface area contributed by atoms with Crippen LogP contribution in [0.5, 0.6) is 0 Å². The van der Waals surface area contributed by atoms with Gasteiger partial charge in [-0.25, -0.2) is 4.79 Å². The van der Waals surface area contributed by atoms with Crippen LogP contribution in [0.15, 0.2) is 28.7 Å². The van der Waals surface area contributed by atoms with E-state index >= 15 is 0 Å². The van der Waals surface area contributed by atoms with Crippen LogP contribution in [0.25, 0.3) is 11.1 Å². The Kier molecular flexibility index (Phi) is 4.92. The van der Waals surface area contributed by atoms with Crippen LogP contribution in [-0.4, -0.2) is 41.1 Å². The lowest BCUT2D eigenvalue weighted by Gasteiger charge is -2.31. The molecule has 7 heteroatoms. The molecule has 2 N–H and O–H groups in total. The van der Waals surface area contributed by atoms with Gasteiger partial charge in [0.25, 0.3) is 6.01 Å². The van der Waals surface area contributed by atoms with Crippen molar-refractivity contribution < 1.29 is 19.1 Å². The topological polar surface area (TPSA) is 95.7 Å². The number of amides is 1. The van der Waals surface area contributed by atoms with Gasteiger partial charge < -0.3 is 19.7 Å². The molecule has 0 bridgehead atoms. The zero-order valence-electron chi connectivity index (χ0n) is 14.4. The van der Waals surface area contributed by atoms with Crippen LogP contribution in [0, 0.1) is 11.8 Å². The van der Waals surface area contributed by atoms with Crippen molar-refractivity contribution in [1.82, 2.24) is 10.3 Å². The van der Waals surface area contributed by atoms with E-state index in [2.05, 4.69) is 10.3 Å². The molecule has 134 valence electrons. The number of anilines is 1. The molecule has 2 heterocycles. The largest absolute Gasteiger partial charge is 0.480 e. The van der Waals surface area contributed by atoms with Crippen molar-refractivity contribution in [3.63, 3.8) is 0 Å². The number of hydrogen-bond donors (Lipinski definition) is 2. The Bertz CT molecular complexity index is 730. The van der Waals surface area contributed by atoms with E-state index in [0.29, 0.717) is 31.9 Å². The molecule has 1 atom stereocenters. The van der Waals surface area contributed by atoms with Crippen molar-refractivity contribution in [2.45, 2.75) is 32.7 Å². The highest BCUT2D eigenvalue weighted by Crippen LogP contribution is 2.26. The monoisotopic (exact) mass is 345 g/mol. The zero-order chi connectivity index (χ0) is 18.0. The number of carbonyl (C=O) groups excluding carboxylic acids is 1. The van der Waals surface area contributed by atoms with Gasteiger partial charge in [0, 0.05) is 19.0 Å². The fraction of sp³-hybridized carbons (Fsp3) is 0.500. The summed E-state index contributed by atoms with van der Waals surface area (Å²) in [6, 6.07) is 7.33. The number of nitrogens with one attached hydrogen (secondary N) is 1. The van der Waals surface area contributed by atoms with Crippen molar-refractivity contribution in [3.8, 4) is 0 Å². The Morgan fingerprint density at radius 1 is 1.28 bits per heavy atom. The molecule has 3 rings (SSSR count). The summed E-state index contributed by atoms with van der Waals surface area (Å²) in [5.74, 6) is -1.51. The molecule has 1 unspecified atom stereocenters. The Balaban J connectivity index is 1.59. The first-order chi connectivity index (χ1) is 12.0. The van der Waals surface area contributed by atoms with Crippen molar-refractivity contribution in [2.24, 2.45) is 11.8 Å². The van der Waals surface area contributed by atoms with E-state index in [1.165, 1.54) is 0 Å². The summed E-state index contributed by atoms with van der Waals surface area (Å²) >= 11 is 0. The van der Waals surface area contributed by atoms with Crippen LogP contribution in [0.3, 0.4) is 0 Å². The second-order valence-electron chi connectivity index (χ2n) is 6.79. The molecule has 25 heavy (non-hydrogen) atoms. The number of para-hydroxylation sites is 2. The Hall–Kier alpha value is -2.57. The summed E-state index contributed by atoms with van der Waals surface area (Å²) in [7, 11) is 0. The molecule has 1 fully saturated rings. The molecule has 1 amide bonds. The van der Waals surface area contributed by atoms with Gasteiger partial charge in [-0.3, -0.25) is 4.79 Å². The number of rotatable bonds is 5. The number of piperidine rings is 1. The van der Waals surface area contributed by atoms with Gasteiger partial charge in [-0.1, -0.05) is 26.0 Å². The smallest absolute Gasteiger partial charge is 0.326 e. The van der Waals surface area contributed by atoms with Gasteiger partial charge in [-0.05, 0) is 30.9 Å². The van der Waals surface area contributed by atoms with Crippen LogP contribution in [0.2, 0.25) is 0 Å². The lowest BCUT2D eigenvalue weighted by Crippen LogP contribution is -2.48. The van der Waals surface area contributed by atoms with Crippen LogP contribution in [-0.2, 0) is 9.59 Å². The van der Waals surface area contributed by atoms with Crippen LogP contribution in [0.4, 0.5) is 6.01 Å². The number of fused-ring (bicyclic) bond motifs is 1. The number of aliphatic carboxylic acids is 1. The SMILES string of the molecule is CC(C)C(NC(=O)C1CCN(c2nc3ccccc3o2)CC1)C(=O)O. The van der Waals surface area contributed by atoms with E-state index < -0.39 is 12.0 Å². The number of nitrogens with zero attached hydrogens (tertiary/aromatic N) is 2. The molecule has 0 aliphatic carbocycles. The van der Waals surface area contributed by atoms with Gasteiger partial charge in [0.15, 0.2) is 5.58 Å². The maximum absolute atomic E-state index is 12.4. The zero-order valence-corrected chi connectivity index (χ0v) is 14.4. The minimum Gasteiger partial charge on any atom is -0.480 e. The second kappa shape index (κ2) is 7.13. The highest BCUT2D eigenvalue weighted by Gasteiger charge is 2.31. The first-order valence-electron chi connectivity index (χ1n) is 8.59. The lowest BCUT2D eigenvalue weighted by molar-refractivity contribution is -0.143. The van der Waals surface area contributed by atoms with E-state index in [1.54, 1.807) is 13.8 Å². The number of carboxylic acid groups (broad SMARTS) is 1. The maximum Gasteiger partial charge on any atom is 0.326 e. The fourth-order valence-corrected chi connectivity index (χ4v) is 3.11. The standard InChI is InChI=1S/C18H23N3O4/c1-11(2)15(17(23)24)20-16(22)12-7-9-21(10-8-12)18-19-13-5-3-4-6-14(13)25-18/h3-6,11-12,15H,7-10H2,1-2H3,(H,20,22)(H,23,24). The molecule has 0 saturated carbocycles. The van der Waals surface area contributed by atoms with Crippen LogP contribution < -0.4 is 10.2 Å². The van der Waals surface area contributed by atoms with Crippen molar-refractivity contribution >= 4 is 29.0 Å². The predicted octanol–water partition coefficient (Wildman–Crippen LogP) is 2.27. The molecule has 1 aliphatic heterocycles. The lowest BCUT2D eigenvalue weighted by atomic mass is 9.95. The van der Waals surface area contributed by atoms with Crippen LogP contribution >= 0.6 is 0 Å². The van der Waals surface area contributed by atoms with Crippen LogP contribution in [0.1, 0.15) is 26.7 Å². The summed E-state index contributed by atoms with van der Waals surface area (Å²) in [4.78, 5) is 30.1. The minimum atomic E-state index is -0.993. The van der Waals surface area contributed by atoms with E-state index in [0.717, 1.165) is 11.1 Å². The maximum atomic E-state index is 12.4. The van der Waals surface area contributed by atoms with Crippen molar-refractivity contribution in [1.29, 1.82) is 0 Å². The molecule has 1 aromatic heterocycles. The fourth-order valence-electron chi connectivity index (χ4n) is 3.11. The number of carbonyl (C=O) groups is 2. The van der Waals surface area contributed by atoms with Gasteiger partial charge in [0.2, 0.25) is 5.91 Å². The summed E-state index contributed by atoms with van der Waals surface area (Å²) in [5.41, 5.74) is 1.57. The molecule has 0 spiro atoms. The number of carboxylic acids is 1. The number of oxazole rings is 1. The second-order valence-corrected chi connectivity index (χ2v) is 6.79. The Labute approximate surface area is 146 Å². The molecule has 1 saturated heterocycles. The summed E-state index contributed by atoms with van der Waals surface area (Å²) in [5, 5.41) is 11.9. The van der Waals surface area contributed by atoms with E-state index in [9.17, 15) is 14.7 Å². The van der Waals surface area contributed by atoms with Gasteiger partial charge in [0.05, 0.1) is 0 Å². The Morgan fingerprint density at radius 3 is 2.56 bits per heavy atom. The molecule has 2 aromatic rings. The van der Waals surface area contributed by atoms with Gasteiger partial charge >= 0.3 is 5.97 Å². The van der Waals surface area contributed by atoms with Gasteiger partial charge in [-0.2, -0.15) is 4.98 Å². The molecule has 1 aromatic carbocycles. The highest BCUT2D eigenvalue weighted by atomic mass is 16.4. The van der Waals surface area contributed by atoms with Gasteiger partial charge in [-0.15, -0.1) is 0 Å². The average Bonchev–Trinajstić information content (AvgIpc) is 3.03. The average molecular weight is 345 g/mol. The first kappa shape index (κ1) is 17.3. The summed E-state index contributed by atoms with van der Waals surface area (Å²) in [6.07, 6.45) is 1.30. The third kappa shape index (κ3) is 3.75.